The zero-order valence-corrected chi connectivity index (χ0v) is 11.2. The first-order chi connectivity index (χ1) is 8.76. The molecule has 1 aliphatic heterocycles. The van der Waals surface area contributed by atoms with E-state index in [4.69, 9.17) is 4.74 Å². The Kier molecular flexibility index (Phi) is 4.59. The van der Waals surface area contributed by atoms with Gasteiger partial charge in [0, 0.05) is 31.8 Å². The summed E-state index contributed by atoms with van der Waals surface area (Å²) in [5.74, 6) is -0.104. The summed E-state index contributed by atoms with van der Waals surface area (Å²) in [5.41, 5.74) is 2.32. The lowest BCUT2D eigenvalue weighted by molar-refractivity contribution is 0.0479. The molecule has 0 aromatic heterocycles. The van der Waals surface area contributed by atoms with Crippen LogP contribution in [0.3, 0.4) is 0 Å². The van der Waals surface area contributed by atoms with E-state index in [0.29, 0.717) is 0 Å². The van der Waals surface area contributed by atoms with Crippen molar-refractivity contribution >= 4 is 5.69 Å². The van der Waals surface area contributed by atoms with Gasteiger partial charge in [0.15, 0.2) is 0 Å². The zero-order chi connectivity index (χ0) is 13.0. The van der Waals surface area contributed by atoms with Crippen molar-refractivity contribution in [3.05, 3.63) is 29.8 Å². The topological polar surface area (TPSA) is 12.5 Å². The van der Waals surface area contributed by atoms with E-state index in [-0.39, 0.29) is 18.7 Å². The average Bonchev–Trinajstić information content (AvgIpc) is 2.94. The van der Waals surface area contributed by atoms with Gasteiger partial charge >= 0.3 is 0 Å². The quantitative estimate of drug-likeness (QED) is 0.793. The van der Waals surface area contributed by atoms with Crippen LogP contribution in [0.1, 0.15) is 31.4 Å². The second-order valence-corrected chi connectivity index (χ2v) is 5.07. The Hall–Kier alpha value is -1.09. The third-order valence-electron chi connectivity index (χ3n) is 3.71. The van der Waals surface area contributed by atoms with Gasteiger partial charge in [-0.05, 0) is 30.5 Å². The Morgan fingerprint density at radius 1 is 1.22 bits per heavy atom. The van der Waals surface area contributed by atoms with E-state index >= 15 is 0 Å². The first-order valence-electron chi connectivity index (χ1n) is 6.70. The molecule has 0 bridgehead atoms. The van der Waals surface area contributed by atoms with Crippen molar-refractivity contribution in [2.24, 2.45) is 5.92 Å². The number of benzene rings is 1. The predicted molar refractivity (Wildman–Crippen MR) is 72.8 cm³/mol. The molecule has 100 valence electrons. The summed E-state index contributed by atoms with van der Waals surface area (Å²) in [7, 11) is 1.64. The third kappa shape index (κ3) is 2.83. The number of hydrogen-bond donors (Lipinski definition) is 0. The highest BCUT2D eigenvalue weighted by molar-refractivity contribution is 5.48. The van der Waals surface area contributed by atoms with Crippen molar-refractivity contribution in [1.29, 1.82) is 0 Å². The maximum Gasteiger partial charge on any atom is 0.0948 e. The molecule has 2 atom stereocenters. The summed E-state index contributed by atoms with van der Waals surface area (Å²) >= 11 is 0. The lowest BCUT2D eigenvalue weighted by Crippen LogP contribution is -2.18. The van der Waals surface area contributed by atoms with Gasteiger partial charge in [-0.15, -0.1) is 0 Å². The molecule has 0 saturated carbocycles. The number of halogens is 1. The molecule has 0 N–H and O–H groups in total. The van der Waals surface area contributed by atoms with Crippen molar-refractivity contribution in [3.8, 4) is 0 Å². The third-order valence-corrected chi connectivity index (χ3v) is 3.71. The lowest BCUT2D eigenvalue weighted by Gasteiger charge is -2.22. The van der Waals surface area contributed by atoms with Crippen molar-refractivity contribution in [3.63, 3.8) is 0 Å². The summed E-state index contributed by atoms with van der Waals surface area (Å²) < 4.78 is 18.1. The summed E-state index contributed by atoms with van der Waals surface area (Å²) in [5, 5.41) is 0. The molecule has 0 radical (unpaired) electrons. The molecule has 1 aromatic carbocycles. The van der Waals surface area contributed by atoms with Crippen molar-refractivity contribution < 1.29 is 9.13 Å². The number of methoxy groups -OCH3 is 1. The molecule has 1 heterocycles. The van der Waals surface area contributed by atoms with Crippen molar-refractivity contribution in [2.75, 3.05) is 31.8 Å². The Bertz CT molecular complexity index is 359. The fourth-order valence-corrected chi connectivity index (χ4v) is 2.63. The summed E-state index contributed by atoms with van der Waals surface area (Å²) in [4.78, 5) is 2.39. The van der Waals surface area contributed by atoms with E-state index in [1.807, 2.05) is 6.92 Å². The van der Waals surface area contributed by atoms with Crippen LogP contribution in [0, 0.1) is 5.92 Å². The van der Waals surface area contributed by atoms with Crippen LogP contribution in [0.25, 0.3) is 0 Å². The summed E-state index contributed by atoms with van der Waals surface area (Å²) in [6.07, 6.45) is 2.41. The first kappa shape index (κ1) is 13.3. The monoisotopic (exact) mass is 251 g/mol. The molecule has 18 heavy (non-hydrogen) atoms. The standard InChI is InChI=1S/C15H22FNO/c1-12(11-16)15(18-2)13-5-7-14(8-6-13)17-9-3-4-10-17/h5-8,12,15H,3-4,9-11H2,1-2H3. The Morgan fingerprint density at radius 2 is 1.83 bits per heavy atom. The fourth-order valence-electron chi connectivity index (χ4n) is 2.63. The minimum atomic E-state index is -0.355. The van der Waals surface area contributed by atoms with Gasteiger partial charge in [-0.1, -0.05) is 19.1 Å². The molecule has 2 rings (SSSR count). The molecule has 0 spiro atoms. The van der Waals surface area contributed by atoms with Crippen LogP contribution < -0.4 is 4.90 Å². The number of alkyl halides is 1. The normalized spacial score (nSPS) is 18.9. The van der Waals surface area contributed by atoms with E-state index in [0.717, 1.165) is 18.7 Å². The van der Waals surface area contributed by atoms with Crippen LogP contribution in [0.15, 0.2) is 24.3 Å². The van der Waals surface area contributed by atoms with Gasteiger partial charge in [0.05, 0.1) is 12.8 Å². The van der Waals surface area contributed by atoms with E-state index in [2.05, 4.69) is 29.2 Å². The average molecular weight is 251 g/mol. The van der Waals surface area contributed by atoms with Crippen molar-refractivity contribution in [2.45, 2.75) is 25.9 Å². The van der Waals surface area contributed by atoms with Crippen LogP contribution in [0.2, 0.25) is 0 Å². The van der Waals surface area contributed by atoms with Crippen LogP contribution >= 0.6 is 0 Å². The summed E-state index contributed by atoms with van der Waals surface area (Å²) in [6, 6.07) is 8.37. The number of rotatable bonds is 5. The van der Waals surface area contributed by atoms with Gasteiger partial charge in [-0.3, -0.25) is 4.39 Å². The van der Waals surface area contributed by atoms with Gasteiger partial charge in [-0.25, -0.2) is 0 Å². The zero-order valence-electron chi connectivity index (χ0n) is 11.2. The fraction of sp³-hybridized carbons (Fsp3) is 0.600. The van der Waals surface area contributed by atoms with E-state index in [1.165, 1.54) is 18.5 Å². The van der Waals surface area contributed by atoms with Gasteiger partial charge in [0.25, 0.3) is 0 Å². The molecule has 1 saturated heterocycles. The Balaban J connectivity index is 2.10. The van der Waals surface area contributed by atoms with E-state index in [9.17, 15) is 4.39 Å². The minimum Gasteiger partial charge on any atom is -0.376 e. The lowest BCUT2D eigenvalue weighted by atomic mass is 9.98. The highest BCUT2D eigenvalue weighted by Gasteiger charge is 2.19. The van der Waals surface area contributed by atoms with Gasteiger partial charge in [-0.2, -0.15) is 0 Å². The molecular formula is C15H22FNO. The highest BCUT2D eigenvalue weighted by atomic mass is 19.1. The molecule has 3 heteroatoms. The van der Waals surface area contributed by atoms with Gasteiger partial charge in [0.1, 0.15) is 0 Å². The van der Waals surface area contributed by atoms with Crippen LogP contribution in [-0.4, -0.2) is 26.9 Å². The maximum atomic E-state index is 12.7. The number of nitrogens with zero attached hydrogens (tertiary/aromatic N) is 1. The Labute approximate surface area is 109 Å². The molecule has 2 nitrogen and oxygen atoms in total. The SMILES string of the molecule is COC(c1ccc(N2CCCC2)cc1)C(C)CF. The maximum absolute atomic E-state index is 12.7. The van der Waals surface area contributed by atoms with Gasteiger partial charge < -0.3 is 9.64 Å². The molecule has 2 unspecified atom stereocenters. The largest absolute Gasteiger partial charge is 0.376 e. The number of ether oxygens (including phenoxy) is 1. The minimum absolute atomic E-state index is 0.104. The molecule has 1 aromatic rings. The number of anilines is 1. The smallest absolute Gasteiger partial charge is 0.0948 e. The molecular weight excluding hydrogens is 229 g/mol. The van der Waals surface area contributed by atoms with Crippen LogP contribution in [-0.2, 0) is 4.74 Å². The number of hydrogen-bond acceptors (Lipinski definition) is 2. The second-order valence-electron chi connectivity index (χ2n) is 5.07. The second kappa shape index (κ2) is 6.19. The molecule has 1 fully saturated rings. The predicted octanol–water partition coefficient (Wildman–Crippen LogP) is 3.58. The van der Waals surface area contributed by atoms with E-state index in [1.54, 1.807) is 7.11 Å². The first-order valence-corrected chi connectivity index (χ1v) is 6.70. The van der Waals surface area contributed by atoms with Crippen LogP contribution in [0.4, 0.5) is 10.1 Å². The molecule has 0 amide bonds. The Morgan fingerprint density at radius 3 is 2.33 bits per heavy atom. The molecule has 1 aliphatic rings. The van der Waals surface area contributed by atoms with Crippen LogP contribution in [0.5, 0.6) is 0 Å². The van der Waals surface area contributed by atoms with Crippen molar-refractivity contribution in [1.82, 2.24) is 0 Å². The van der Waals surface area contributed by atoms with Gasteiger partial charge in [0.2, 0.25) is 0 Å². The molecule has 0 aliphatic carbocycles. The summed E-state index contributed by atoms with van der Waals surface area (Å²) in [6.45, 7) is 3.82. The highest BCUT2D eigenvalue weighted by Crippen LogP contribution is 2.28. The van der Waals surface area contributed by atoms with E-state index < -0.39 is 0 Å².